The van der Waals surface area contributed by atoms with E-state index in [1.165, 1.54) is 0 Å². The topological polar surface area (TPSA) is 78.9 Å². The van der Waals surface area contributed by atoms with Gasteiger partial charge in [0.2, 0.25) is 5.91 Å². The summed E-state index contributed by atoms with van der Waals surface area (Å²) in [7, 11) is 0. The Bertz CT molecular complexity index is 445. The molecule has 116 valence electrons. The molecular weight excluding hydrogens is 272 g/mol. The summed E-state index contributed by atoms with van der Waals surface area (Å²) in [6.07, 6.45) is 4.77. The van der Waals surface area contributed by atoms with Crippen molar-refractivity contribution in [1.29, 1.82) is 0 Å². The van der Waals surface area contributed by atoms with E-state index >= 15 is 0 Å². The first-order valence-electron chi connectivity index (χ1n) is 7.66. The van der Waals surface area contributed by atoms with Crippen LogP contribution in [-0.4, -0.2) is 61.3 Å². The smallest absolute Gasteiger partial charge is 0.307 e. The van der Waals surface area contributed by atoms with Crippen LogP contribution in [0.25, 0.3) is 0 Å². The first-order chi connectivity index (χ1) is 10.2. The van der Waals surface area contributed by atoms with Crippen LogP contribution in [0.3, 0.4) is 0 Å². The van der Waals surface area contributed by atoms with Crippen LogP contribution in [0.2, 0.25) is 0 Å². The number of carbonyl (C=O) groups is 2. The summed E-state index contributed by atoms with van der Waals surface area (Å²) in [5.74, 6) is -1.78. The van der Waals surface area contributed by atoms with E-state index < -0.39 is 17.8 Å². The lowest BCUT2D eigenvalue weighted by molar-refractivity contribution is -0.147. The molecule has 3 aliphatic rings. The van der Waals surface area contributed by atoms with E-state index in [0.717, 1.165) is 39.3 Å². The van der Waals surface area contributed by atoms with Crippen LogP contribution in [0.15, 0.2) is 12.2 Å². The Kier molecular flexibility index (Phi) is 4.26. The van der Waals surface area contributed by atoms with Crippen molar-refractivity contribution in [1.82, 2.24) is 10.2 Å². The highest BCUT2D eigenvalue weighted by Gasteiger charge is 2.51. The van der Waals surface area contributed by atoms with Crippen LogP contribution in [-0.2, 0) is 14.3 Å². The van der Waals surface area contributed by atoms with Crippen LogP contribution in [0.5, 0.6) is 0 Å². The third-order valence-corrected chi connectivity index (χ3v) is 4.88. The van der Waals surface area contributed by atoms with Crippen LogP contribution in [0.1, 0.15) is 6.42 Å². The maximum absolute atomic E-state index is 12.3. The zero-order valence-corrected chi connectivity index (χ0v) is 12.0. The zero-order chi connectivity index (χ0) is 14.8. The number of morpholine rings is 1. The van der Waals surface area contributed by atoms with Crippen LogP contribution >= 0.6 is 0 Å². The van der Waals surface area contributed by atoms with E-state index in [4.69, 9.17) is 4.74 Å². The van der Waals surface area contributed by atoms with Crippen molar-refractivity contribution in [2.75, 3.05) is 39.4 Å². The average molecular weight is 294 g/mol. The van der Waals surface area contributed by atoms with Gasteiger partial charge in [-0.15, -0.1) is 0 Å². The highest BCUT2D eigenvalue weighted by atomic mass is 16.5. The normalized spacial score (nSPS) is 35.0. The first kappa shape index (κ1) is 14.5. The molecule has 2 aliphatic carbocycles. The largest absolute Gasteiger partial charge is 0.481 e. The predicted molar refractivity (Wildman–Crippen MR) is 75.6 cm³/mol. The third kappa shape index (κ3) is 2.96. The molecule has 2 bridgehead atoms. The average Bonchev–Trinajstić information content (AvgIpc) is 3.08. The number of carboxylic acid groups (broad SMARTS) is 1. The minimum atomic E-state index is -0.847. The van der Waals surface area contributed by atoms with Crippen molar-refractivity contribution in [2.24, 2.45) is 23.7 Å². The lowest BCUT2D eigenvalue weighted by Crippen LogP contribution is -2.44. The van der Waals surface area contributed by atoms with Gasteiger partial charge in [0.1, 0.15) is 0 Å². The van der Waals surface area contributed by atoms with Gasteiger partial charge < -0.3 is 15.2 Å². The molecule has 6 heteroatoms. The molecule has 21 heavy (non-hydrogen) atoms. The molecule has 1 saturated heterocycles. The quantitative estimate of drug-likeness (QED) is 0.696. The highest BCUT2D eigenvalue weighted by molar-refractivity contribution is 5.86. The molecule has 0 spiro atoms. The molecule has 3 rings (SSSR count). The van der Waals surface area contributed by atoms with Gasteiger partial charge in [-0.05, 0) is 18.3 Å². The summed E-state index contributed by atoms with van der Waals surface area (Å²) in [5.41, 5.74) is 0. The SMILES string of the molecule is O=C(O)C1C2C=CC(C2)C1C(=O)NCCN1CCOCC1. The van der Waals surface area contributed by atoms with Gasteiger partial charge in [0.15, 0.2) is 0 Å². The van der Waals surface area contributed by atoms with Crippen molar-refractivity contribution in [2.45, 2.75) is 6.42 Å². The Balaban J connectivity index is 1.50. The van der Waals surface area contributed by atoms with E-state index in [-0.39, 0.29) is 17.7 Å². The predicted octanol–water partition coefficient (Wildman–Crippen LogP) is -0.0423. The summed E-state index contributed by atoms with van der Waals surface area (Å²) in [4.78, 5) is 26.0. The Morgan fingerprint density at radius 3 is 2.52 bits per heavy atom. The van der Waals surface area contributed by atoms with Crippen molar-refractivity contribution in [3.05, 3.63) is 12.2 Å². The number of allylic oxidation sites excluding steroid dienone is 2. The molecule has 0 aromatic carbocycles. The number of fused-ring (bicyclic) bond motifs is 2. The number of hydrogen-bond donors (Lipinski definition) is 2. The van der Waals surface area contributed by atoms with Crippen LogP contribution in [0.4, 0.5) is 0 Å². The fourth-order valence-electron chi connectivity index (χ4n) is 3.80. The number of nitrogens with zero attached hydrogens (tertiary/aromatic N) is 1. The van der Waals surface area contributed by atoms with Crippen molar-refractivity contribution in [3.8, 4) is 0 Å². The van der Waals surface area contributed by atoms with Gasteiger partial charge in [-0.25, -0.2) is 0 Å². The Morgan fingerprint density at radius 1 is 1.19 bits per heavy atom. The lowest BCUT2D eigenvalue weighted by atomic mass is 9.82. The van der Waals surface area contributed by atoms with Crippen LogP contribution in [0, 0.1) is 23.7 Å². The maximum atomic E-state index is 12.3. The fraction of sp³-hybridized carbons (Fsp3) is 0.733. The number of carboxylic acids is 1. The molecule has 0 aromatic heterocycles. The van der Waals surface area contributed by atoms with E-state index in [1.807, 2.05) is 12.2 Å². The second-order valence-electron chi connectivity index (χ2n) is 6.08. The zero-order valence-electron chi connectivity index (χ0n) is 12.0. The maximum Gasteiger partial charge on any atom is 0.307 e. The molecule has 1 amide bonds. The van der Waals surface area contributed by atoms with Crippen molar-refractivity contribution >= 4 is 11.9 Å². The number of aliphatic carboxylic acids is 1. The number of carbonyl (C=O) groups excluding carboxylic acids is 1. The van der Waals surface area contributed by atoms with Gasteiger partial charge in [-0.1, -0.05) is 12.2 Å². The molecule has 6 nitrogen and oxygen atoms in total. The van der Waals surface area contributed by atoms with E-state index in [1.54, 1.807) is 0 Å². The van der Waals surface area contributed by atoms with Gasteiger partial charge in [-0.2, -0.15) is 0 Å². The van der Waals surface area contributed by atoms with Gasteiger partial charge in [0.25, 0.3) is 0 Å². The van der Waals surface area contributed by atoms with Gasteiger partial charge in [0, 0.05) is 26.2 Å². The van der Waals surface area contributed by atoms with E-state index in [2.05, 4.69) is 10.2 Å². The summed E-state index contributed by atoms with van der Waals surface area (Å²) >= 11 is 0. The third-order valence-electron chi connectivity index (χ3n) is 4.88. The Labute approximate surface area is 124 Å². The molecular formula is C15H22N2O4. The number of amides is 1. The first-order valence-corrected chi connectivity index (χ1v) is 7.66. The summed E-state index contributed by atoms with van der Waals surface area (Å²) < 4.78 is 5.28. The molecule has 4 atom stereocenters. The molecule has 0 radical (unpaired) electrons. The number of ether oxygens (including phenoxy) is 1. The van der Waals surface area contributed by atoms with E-state index in [0.29, 0.717) is 6.54 Å². The lowest BCUT2D eigenvalue weighted by Gasteiger charge is -2.27. The molecule has 0 aromatic rings. The Morgan fingerprint density at radius 2 is 1.86 bits per heavy atom. The van der Waals surface area contributed by atoms with Gasteiger partial charge in [-0.3, -0.25) is 14.5 Å². The summed E-state index contributed by atoms with van der Waals surface area (Å²) in [6, 6.07) is 0. The van der Waals surface area contributed by atoms with Crippen molar-refractivity contribution < 1.29 is 19.4 Å². The number of hydrogen-bond acceptors (Lipinski definition) is 4. The van der Waals surface area contributed by atoms with Gasteiger partial charge >= 0.3 is 5.97 Å². The minimum Gasteiger partial charge on any atom is -0.481 e. The molecule has 1 heterocycles. The van der Waals surface area contributed by atoms with Gasteiger partial charge in [0.05, 0.1) is 25.0 Å². The summed E-state index contributed by atoms with van der Waals surface area (Å²) in [5, 5.41) is 12.3. The summed E-state index contributed by atoms with van der Waals surface area (Å²) in [6.45, 7) is 4.64. The standard InChI is InChI=1S/C15H22N2O4/c18-14(16-3-4-17-5-7-21-8-6-17)12-10-1-2-11(9-10)13(12)15(19)20/h1-2,10-13H,3-9H2,(H,16,18)(H,19,20). The molecule has 2 fully saturated rings. The van der Waals surface area contributed by atoms with Crippen molar-refractivity contribution in [3.63, 3.8) is 0 Å². The monoisotopic (exact) mass is 294 g/mol. The molecule has 2 N–H and O–H groups in total. The Hall–Kier alpha value is -1.40. The minimum absolute atomic E-state index is 0.0301. The second kappa shape index (κ2) is 6.15. The molecule has 4 unspecified atom stereocenters. The molecule has 1 saturated carbocycles. The number of rotatable bonds is 5. The molecule has 1 aliphatic heterocycles. The van der Waals surface area contributed by atoms with Crippen LogP contribution < -0.4 is 5.32 Å². The second-order valence-corrected chi connectivity index (χ2v) is 6.08. The van der Waals surface area contributed by atoms with E-state index in [9.17, 15) is 14.7 Å². The highest BCUT2D eigenvalue weighted by Crippen LogP contribution is 2.48. The fourth-order valence-corrected chi connectivity index (χ4v) is 3.80. The number of nitrogens with one attached hydrogen (secondary N) is 1.